The number of hydrogen-bond donors (Lipinski definition) is 0. The van der Waals surface area contributed by atoms with Gasteiger partial charge in [0.25, 0.3) is 0 Å². The van der Waals surface area contributed by atoms with Crippen molar-refractivity contribution in [3.63, 3.8) is 0 Å². The van der Waals surface area contributed by atoms with E-state index in [2.05, 4.69) is 37.6 Å². The fraction of sp³-hybridized carbons (Fsp3) is 0.500. The third-order valence-electron chi connectivity index (χ3n) is 1.69. The van der Waals surface area contributed by atoms with Gasteiger partial charge in [-0.3, -0.25) is 4.90 Å². The van der Waals surface area contributed by atoms with Crippen LogP contribution in [0.2, 0.25) is 0 Å². The van der Waals surface area contributed by atoms with Crippen LogP contribution >= 0.6 is 0 Å². The normalized spacial score (nSPS) is 27.1. The molecule has 0 aromatic carbocycles. The standard InChI is InChI=1S/C8H13N/c1-7(2)8-5-4-6-9(8)3/h4-5,8H,1,6H2,2-3H3. The molecule has 1 rings (SSSR count). The number of hydrogen-bond acceptors (Lipinski definition) is 1. The van der Waals surface area contributed by atoms with Gasteiger partial charge < -0.3 is 0 Å². The lowest BCUT2D eigenvalue weighted by molar-refractivity contribution is 0.366. The van der Waals surface area contributed by atoms with Gasteiger partial charge in [0.05, 0.1) is 0 Å². The van der Waals surface area contributed by atoms with Gasteiger partial charge >= 0.3 is 0 Å². The molecule has 0 saturated heterocycles. The third kappa shape index (κ3) is 1.22. The quantitative estimate of drug-likeness (QED) is 0.477. The lowest BCUT2D eigenvalue weighted by atomic mass is 10.1. The minimum absolute atomic E-state index is 0.491. The summed E-state index contributed by atoms with van der Waals surface area (Å²) in [4.78, 5) is 2.27. The van der Waals surface area contributed by atoms with E-state index in [0.29, 0.717) is 6.04 Å². The molecule has 0 bridgehead atoms. The Bertz CT molecular complexity index is 147. The van der Waals surface area contributed by atoms with Crippen LogP contribution in [0.15, 0.2) is 24.3 Å². The molecule has 0 radical (unpaired) electrons. The summed E-state index contributed by atoms with van der Waals surface area (Å²) < 4.78 is 0. The van der Waals surface area contributed by atoms with Gasteiger partial charge in [0.1, 0.15) is 0 Å². The molecular weight excluding hydrogens is 110 g/mol. The van der Waals surface area contributed by atoms with E-state index >= 15 is 0 Å². The first-order valence-corrected chi connectivity index (χ1v) is 3.24. The Morgan fingerprint density at radius 3 is 2.67 bits per heavy atom. The molecule has 0 N–H and O–H groups in total. The molecule has 1 heterocycles. The highest BCUT2D eigenvalue weighted by Crippen LogP contribution is 2.12. The number of likely N-dealkylation sites (N-methyl/N-ethyl adjacent to an activating group) is 1. The molecule has 0 saturated carbocycles. The molecule has 1 aliphatic rings. The molecule has 0 fully saturated rings. The Labute approximate surface area is 56.7 Å². The van der Waals surface area contributed by atoms with Gasteiger partial charge in [0.15, 0.2) is 0 Å². The Kier molecular flexibility index (Phi) is 1.72. The van der Waals surface area contributed by atoms with Gasteiger partial charge in [-0.2, -0.15) is 0 Å². The smallest absolute Gasteiger partial charge is 0.0486 e. The van der Waals surface area contributed by atoms with Crippen LogP contribution < -0.4 is 0 Å². The third-order valence-corrected chi connectivity index (χ3v) is 1.69. The predicted molar refractivity (Wildman–Crippen MR) is 40.4 cm³/mol. The summed E-state index contributed by atoms with van der Waals surface area (Å²) in [7, 11) is 2.11. The van der Waals surface area contributed by atoms with E-state index < -0.39 is 0 Å². The maximum atomic E-state index is 3.89. The molecule has 1 unspecified atom stereocenters. The van der Waals surface area contributed by atoms with Gasteiger partial charge in [-0.05, 0) is 14.0 Å². The maximum Gasteiger partial charge on any atom is 0.0486 e. The van der Waals surface area contributed by atoms with E-state index in [0.717, 1.165) is 6.54 Å². The lowest BCUT2D eigenvalue weighted by Gasteiger charge is -2.18. The monoisotopic (exact) mass is 123 g/mol. The van der Waals surface area contributed by atoms with E-state index in [4.69, 9.17) is 0 Å². The zero-order chi connectivity index (χ0) is 6.85. The van der Waals surface area contributed by atoms with Crippen molar-refractivity contribution in [2.75, 3.05) is 13.6 Å². The van der Waals surface area contributed by atoms with Crippen LogP contribution in [0.25, 0.3) is 0 Å². The van der Waals surface area contributed by atoms with Crippen molar-refractivity contribution in [1.29, 1.82) is 0 Å². The van der Waals surface area contributed by atoms with Crippen LogP contribution in [0, 0.1) is 0 Å². The summed E-state index contributed by atoms with van der Waals surface area (Å²) in [5, 5.41) is 0. The molecule has 0 aliphatic carbocycles. The Morgan fingerprint density at radius 2 is 2.44 bits per heavy atom. The molecule has 1 aliphatic heterocycles. The van der Waals surface area contributed by atoms with Gasteiger partial charge in [-0.25, -0.2) is 0 Å². The van der Waals surface area contributed by atoms with Crippen LogP contribution in [-0.2, 0) is 0 Å². The zero-order valence-electron chi connectivity index (χ0n) is 6.09. The van der Waals surface area contributed by atoms with Gasteiger partial charge in [0, 0.05) is 12.6 Å². The highest BCUT2D eigenvalue weighted by molar-refractivity contribution is 5.17. The molecule has 1 nitrogen and oxygen atoms in total. The van der Waals surface area contributed by atoms with E-state index in [-0.39, 0.29) is 0 Å². The lowest BCUT2D eigenvalue weighted by Crippen LogP contribution is -2.25. The second kappa shape index (κ2) is 2.36. The van der Waals surface area contributed by atoms with E-state index in [1.54, 1.807) is 0 Å². The molecule has 0 aromatic heterocycles. The minimum atomic E-state index is 0.491. The number of rotatable bonds is 1. The Balaban J connectivity index is 2.59. The molecule has 1 atom stereocenters. The second-order valence-electron chi connectivity index (χ2n) is 2.66. The van der Waals surface area contributed by atoms with E-state index in [9.17, 15) is 0 Å². The highest BCUT2D eigenvalue weighted by Gasteiger charge is 2.14. The van der Waals surface area contributed by atoms with Gasteiger partial charge in [-0.15, -0.1) is 0 Å². The second-order valence-corrected chi connectivity index (χ2v) is 2.66. The highest BCUT2D eigenvalue weighted by atomic mass is 15.1. The fourth-order valence-corrected chi connectivity index (χ4v) is 1.16. The molecule has 0 aromatic rings. The first kappa shape index (κ1) is 6.56. The van der Waals surface area contributed by atoms with Crippen LogP contribution in [0.5, 0.6) is 0 Å². The minimum Gasteiger partial charge on any atom is -0.293 e. The van der Waals surface area contributed by atoms with Crippen LogP contribution in [0.1, 0.15) is 6.92 Å². The first-order chi connectivity index (χ1) is 4.22. The summed E-state index contributed by atoms with van der Waals surface area (Å²) in [6.45, 7) is 7.03. The fourth-order valence-electron chi connectivity index (χ4n) is 1.16. The number of nitrogens with zero attached hydrogens (tertiary/aromatic N) is 1. The maximum absolute atomic E-state index is 3.89. The van der Waals surface area contributed by atoms with Crippen molar-refractivity contribution >= 4 is 0 Å². The van der Waals surface area contributed by atoms with Crippen LogP contribution in [-0.4, -0.2) is 24.5 Å². The van der Waals surface area contributed by atoms with Crippen molar-refractivity contribution in [2.45, 2.75) is 13.0 Å². The molecule has 0 amide bonds. The molecule has 9 heavy (non-hydrogen) atoms. The van der Waals surface area contributed by atoms with Crippen molar-refractivity contribution in [2.24, 2.45) is 0 Å². The molecular formula is C8H13N. The summed E-state index contributed by atoms with van der Waals surface area (Å²) >= 11 is 0. The van der Waals surface area contributed by atoms with Crippen molar-refractivity contribution in [3.05, 3.63) is 24.3 Å². The van der Waals surface area contributed by atoms with Gasteiger partial charge in [-0.1, -0.05) is 24.3 Å². The molecule has 0 spiro atoms. The molecule has 50 valence electrons. The van der Waals surface area contributed by atoms with E-state index in [1.807, 2.05) is 0 Å². The van der Waals surface area contributed by atoms with E-state index in [1.165, 1.54) is 5.57 Å². The van der Waals surface area contributed by atoms with Crippen molar-refractivity contribution in [1.82, 2.24) is 4.90 Å². The Hall–Kier alpha value is -0.560. The SMILES string of the molecule is C=C(C)C1C=CCN1C. The largest absolute Gasteiger partial charge is 0.293 e. The molecule has 1 heteroatoms. The predicted octanol–water partition coefficient (Wildman–Crippen LogP) is 1.43. The summed E-state index contributed by atoms with van der Waals surface area (Å²) in [6.07, 6.45) is 4.38. The Morgan fingerprint density at radius 1 is 1.78 bits per heavy atom. The van der Waals surface area contributed by atoms with Crippen molar-refractivity contribution < 1.29 is 0 Å². The first-order valence-electron chi connectivity index (χ1n) is 3.24. The zero-order valence-corrected chi connectivity index (χ0v) is 6.09. The summed E-state index contributed by atoms with van der Waals surface area (Å²) in [6, 6.07) is 0.491. The van der Waals surface area contributed by atoms with Crippen molar-refractivity contribution in [3.8, 4) is 0 Å². The summed E-state index contributed by atoms with van der Waals surface area (Å²) in [5.74, 6) is 0. The van der Waals surface area contributed by atoms with Crippen LogP contribution in [0.3, 0.4) is 0 Å². The topological polar surface area (TPSA) is 3.24 Å². The van der Waals surface area contributed by atoms with Gasteiger partial charge in [0.2, 0.25) is 0 Å². The average Bonchev–Trinajstić information content (AvgIpc) is 2.13. The van der Waals surface area contributed by atoms with Crippen LogP contribution in [0.4, 0.5) is 0 Å². The average molecular weight is 123 g/mol. The summed E-state index contributed by atoms with van der Waals surface area (Å²) in [5.41, 5.74) is 1.23.